The number of carbonyl (C=O) groups is 2. The maximum Gasteiger partial charge on any atom is 0.271 e. The van der Waals surface area contributed by atoms with E-state index in [9.17, 15) is 14.0 Å². The number of amides is 2. The summed E-state index contributed by atoms with van der Waals surface area (Å²) in [5.41, 5.74) is 7.94. The molecule has 3 N–H and O–H groups in total. The van der Waals surface area contributed by atoms with Crippen LogP contribution in [0.2, 0.25) is 0 Å². The highest BCUT2D eigenvalue weighted by Gasteiger charge is 2.35. The summed E-state index contributed by atoms with van der Waals surface area (Å²) >= 11 is 0. The van der Waals surface area contributed by atoms with Crippen LogP contribution in [0.3, 0.4) is 0 Å². The first-order valence-corrected chi connectivity index (χ1v) is 10.1. The fourth-order valence-corrected chi connectivity index (χ4v) is 3.84. The van der Waals surface area contributed by atoms with E-state index in [1.807, 2.05) is 24.3 Å². The summed E-state index contributed by atoms with van der Waals surface area (Å²) < 4.78 is 13.2. The molecular weight excluding hydrogens is 385 g/mol. The van der Waals surface area contributed by atoms with Crippen LogP contribution in [0.4, 0.5) is 21.5 Å². The molecule has 0 aromatic heterocycles. The Morgan fingerprint density at radius 1 is 1.03 bits per heavy atom. The van der Waals surface area contributed by atoms with E-state index in [0.29, 0.717) is 11.4 Å². The highest BCUT2D eigenvalue weighted by Crippen LogP contribution is 2.26. The standard InChI is InChI=1S/C22H24FN5O2/c23-15-7-9-17(10-8-15)28-20(21(24)29)14-19(26-28)22(30)25-16-5-4-6-18(13-16)27-11-2-1-3-12-27/h4-10,13,20H,1-3,11-12,14H2,(H2,24,29)(H,25,30). The number of piperidine rings is 1. The van der Waals surface area contributed by atoms with Crippen molar-refractivity contribution >= 4 is 34.6 Å². The van der Waals surface area contributed by atoms with E-state index in [0.717, 1.165) is 18.8 Å². The third kappa shape index (κ3) is 4.27. The number of nitrogens with two attached hydrogens (primary N) is 1. The first-order valence-electron chi connectivity index (χ1n) is 10.1. The zero-order valence-corrected chi connectivity index (χ0v) is 16.6. The van der Waals surface area contributed by atoms with Crippen LogP contribution in [-0.2, 0) is 9.59 Å². The van der Waals surface area contributed by atoms with Crippen molar-refractivity contribution in [1.29, 1.82) is 0 Å². The van der Waals surface area contributed by atoms with Crippen molar-refractivity contribution in [3.8, 4) is 0 Å². The van der Waals surface area contributed by atoms with Crippen LogP contribution in [-0.4, -0.2) is 36.7 Å². The molecule has 30 heavy (non-hydrogen) atoms. The maximum absolute atomic E-state index is 13.2. The van der Waals surface area contributed by atoms with Crippen molar-refractivity contribution in [3.63, 3.8) is 0 Å². The normalized spacial score (nSPS) is 18.8. The third-order valence-electron chi connectivity index (χ3n) is 5.42. The minimum atomic E-state index is -0.795. The Labute approximate surface area is 174 Å². The molecule has 0 radical (unpaired) electrons. The number of anilines is 3. The summed E-state index contributed by atoms with van der Waals surface area (Å²) in [6.07, 6.45) is 3.67. The second-order valence-electron chi connectivity index (χ2n) is 7.54. The summed E-state index contributed by atoms with van der Waals surface area (Å²) in [7, 11) is 0. The van der Waals surface area contributed by atoms with Crippen LogP contribution in [0.5, 0.6) is 0 Å². The molecule has 1 saturated heterocycles. The van der Waals surface area contributed by atoms with Gasteiger partial charge in [-0.25, -0.2) is 4.39 Å². The fourth-order valence-electron chi connectivity index (χ4n) is 3.84. The second kappa shape index (κ2) is 8.52. The van der Waals surface area contributed by atoms with Gasteiger partial charge in [-0.1, -0.05) is 6.07 Å². The molecule has 0 bridgehead atoms. The van der Waals surface area contributed by atoms with Gasteiger partial charge in [-0.15, -0.1) is 0 Å². The van der Waals surface area contributed by atoms with Crippen molar-refractivity contribution < 1.29 is 14.0 Å². The quantitative estimate of drug-likeness (QED) is 0.795. The highest BCUT2D eigenvalue weighted by atomic mass is 19.1. The van der Waals surface area contributed by atoms with E-state index < -0.39 is 17.8 Å². The van der Waals surface area contributed by atoms with E-state index in [-0.39, 0.29) is 18.0 Å². The fraction of sp³-hybridized carbons (Fsp3) is 0.318. The monoisotopic (exact) mass is 409 g/mol. The van der Waals surface area contributed by atoms with Gasteiger partial charge >= 0.3 is 0 Å². The molecule has 7 nitrogen and oxygen atoms in total. The predicted molar refractivity (Wildman–Crippen MR) is 115 cm³/mol. The van der Waals surface area contributed by atoms with Crippen molar-refractivity contribution in [2.24, 2.45) is 10.8 Å². The number of nitrogens with one attached hydrogen (secondary N) is 1. The van der Waals surface area contributed by atoms with Gasteiger partial charge in [0.05, 0.1) is 5.69 Å². The topological polar surface area (TPSA) is 91.0 Å². The number of halogens is 1. The number of nitrogens with zero attached hydrogens (tertiary/aromatic N) is 3. The lowest BCUT2D eigenvalue weighted by atomic mass is 10.1. The maximum atomic E-state index is 13.2. The summed E-state index contributed by atoms with van der Waals surface area (Å²) in [6.45, 7) is 2.02. The molecule has 1 atom stereocenters. The number of hydrogen-bond donors (Lipinski definition) is 2. The number of hydrazone groups is 1. The molecule has 2 aromatic carbocycles. The summed E-state index contributed by atoms with van der Waals surface area (Å²) in [4.78, 5) is 27.0. The molecule has 1 unspecified atom stereocenters. The summed E-state index contributed by atoms with van der Waals surface area (Å²) in [6, 6.07) is 12.5. The van der Waals surface area contributed by atoms with Gasteiger partial charge in [0, 0.05) is 30.9 Å². The number of rotatable bonds is 5. The average Bonchev–Trinajstić information content (AvgIpc) is 3.21. The SMILES string of the molecule is NC(=O)C1CC(C(=O)Nc2cccc(N3CCCCC3)c2)=NN1c1ccc(F)cc1. The molecule has 2 aliphatic rings. The van der Waals surface area contributed by atoms with Gasteiger partial charge in [0.15, 0.2) is 0 Å². The molecule has 0 saturated carbocycles. The Bertz CT molecular complexity index is 970. The Balaban J connectivity index is 1.51. The lowest BCUT2D eigenvalue weighted by Crippen LogP contribution is -2.39. The molecule has 1 fully saturated rings. The Morgan fingerprint density at radius 2 is 1.77 bits per heavy atom. The Hall–Kier alpha value is -3.42. The van der Waals surface area contributed by atoms with Crippen LogP contribution in [0.1, 0.15) is 25.7 Å². The first-order chi connectivity index (χ1) is 14.5. The largest absolute Gasteiger partial charge is 0.371 e. The van der Waals surface area contributed by atoms with E-state index in [4.69, 9.17) is 5.73 Å². The van der Waals surface area contributed by atoms with Crippen molar-refractivity contribution in [2.75, 3.05) is 28.3 Å². The molecule has 156 valence electrons. The smallest absolute Gasteiger partial charge is 0.271 e. The number of benzene rings is 2. The van der Waals surface area contributed by atoms with Crippen molar-refractivity contribution in [1.82, 2.24) is 0 Å². The highest BCUT2D eigenvalue weighted by molar-refractivity contribution is 6.44. The van der Waals surface area contributed by atoms with Crippen LogP contribution in [0.15, 0.2) is 53.6 Å². The van der Waals surface area contributed by atoms with Gasteiger partial charge in [-0.2, -0.15) is 5.10 Å². The van der Waals surface area contributed by atoms with Gasteiger partial charge in [-0.05, 0) is 61.7 Å². The van der Waals surface area contributed by atoms with Crippen molar-refractivity contribution in [3.05, 3.63) is 54.3 Å². The van der Waals surface area contributed by atoms with Crippen LogP contribution < -0.4 is 21.0 Å². The van der Waals surface area contributed by atoms with Gasteiger partial charge in [0.25, 0.3) is 5.91 Å². The first kappa shape index (κ1) is 19.9. The second-order valence-corrected chi connectivity index (χ2v) is 7.54. The number of primary amides is 1. The van der Waals surface area contributed by atoms with Gasteiger partial charge in [0.2, 0.25) is 5.91 Å². The lowest BCUT2D eigenvalue weighted by Gasteiger charge is -2.29. The Kier molecular flexibility index (Phi) is 5.65. The third-order valence-corrected chi connectivity index (χ3v) is 5.42. The number of carbonyl (C=O) groups excluding carboxylic acids is 2. The van der Waals surface area contributed by atoms with Gasteiger partial charge in [0.1, 0.15) is 17.6 Å². The van der Waals surface area contributed by atoms with Crippen LogP contribution in [0, 0.1) is 5.82 Å². The molecule has 4 rings (SSSR count). The van der Waals surface area contributed by atoms with E-state index >= 15 is 0 Å². The molecule has 2 amide bonds. The van der Waals surface area contributed by atoms with Gasteiger partial charge < -0.3 is 16.0 Å². The summed E-state index contributed by atoms with van der Waals surface area (Å²) in [5.74, 6) is -1.39. The minimum absolute atomic E-state index is 0.0877. The van der Waals surface area contributed by atoms with Crippen LogP contribution >= 0.6 is 0 Å². The van der Waals surface area contributed by atoms with Crippen molar-refractivity contribution in [2.45, 2.75) is 31.7 Å². The van der Waals surface area contributed by atoms with Gasteiger partial charge in [-0.3, -0.25) is 14.6 Å². The van der Waals surface area contributed by atoms with E-state index in [1.165, 1.54) is 48.5 Å². The summed E-state index contributed by atoms with van der Waals surface area (Å²) in [5, 5.41) is 8.55. The predicted octanol–water partition coefficient (Wildman–Crippen LogP) is 2.87. The zero-order valence-electron chi connectivity index (χ0n) is 16.6. The molecular formula is C22H24FN5O2. The number of hydrogen-bond acceptors (Lipinski definition) is 5. The molecule has 0 aliphatic carbocycles. The lowest BCUT2D eigenvalue weighted by molar-refractivity contribution is -0.119. The molecule has 2 heterocycles. The Morgan fingerprint density at radius 3 is 2.47 bits per heavy atom. The average molecular weight is 409 g/mol. The molecule has 2 aromatic rings. The minimum Gasteiger partial charge on any atom is -0.371 e. The van der Waals surface area contributed by atoms with Crippen LogP contribution in [0.25, 0.3) is 0 Å². The molecule has 0 spiro atoms. The van der Waals surface area contributed by atoms with E-state index in [1.54, 1.807) is 0 Å². The van der Waals surface area contributed by atoms with E-state index in [2.05, 4.69) is 15.3 Å². The molecule has 2 aliphatic heterocycles. The zero-order chi connectivity index (χ0) is 21.1. The molecule has 8 heteroatoms.